The Morgan fingerprint density at radius 2 is 1.33 bits per heavy atom. The molecular weight excluding hydrogens is 407 g/mol. The number of rotatable bonds is 3. The van der Waals surface area contributed by atoms with Crippen LogP contribution >= 0.6 is 80.0 Å². The molecule has 0 radical (unpaired) electrons. The summed E-state index contributed by atoms with van der Waals surface area (Å²) in [7, 11) is 6.91. The predicted octanol–water partition coefficient (Wildman–Crippen LogP) is 2.66. The van der Waals surface area contributed by atoms with Gasteiger partial charge in [-0.25, -0.2) is 0 Å². The summed E-state index contributed by atoms with van der Waals surface area (Å²) in [5.74, 6) is 0. The fourth-order valence-electron chi connectivity index (χ4n) is 0.408. The van der Waals surface area contributed by atoms with Crippen LogP contribution in [0.25, 0.3) is 0 Å². The Balaban J connectivity index is -0.0000000180. The molecule has 3 unspecified atom stereocenters. The smallest absolute Gasteiger partial charge is 0.00217 e. The van der Waals surface area contributed by atoms with Gasteiger partial charge >= 0.3 is 0 Å². The third-order valence-corrected chi connectivity index (χ3v) is 1.22. The molecule has 0 bridgehead atoms. The molecule has 12 heavy (non-hydrogen) atoms. The molecule has 0 heterocycles. The fourth-order valence-corrected chi connectivity index (χ4v) is 0.590. The summed E-state index contributed by atoms with van der Waals surface area (Å²) < 4.78 is 0. The van der Waals surface area contributed by atoms with Gasteiger partial charge < -0.3 is 4.90 Å². The van der Waals surface area contributed by atoms with Crippen molar-refractivity contribution in [2.45, 2.75) is 6.42 Å². The van der Waals surface area contributed by atoms with Gasteiger partial charge in [0.1, 0.15) is 0 Å². The van der Waals surface area contributed by atoms with Gasteiger partial charge in [-0.2, -0.15) is 19.8 Å². The highest BCUT2D eigenvalue weighted by molar-refractivity contribution is 8.93. The normalized spacial score (nSPS) is 6.00. The highest BCUT2D eigenvalue weighted by Gasteiger charge is 1.83. The van der Waals surface area contributed by atoms with Crippen LogP contribution in [0.5, 0.6) is 0 Å². The molecule has 7 heteroatoms. The third kappa shape index (κ3) is 38.7. The van der Waals surface area contributed by atoms with E-state index < -0.39 is 0 Å². The van der Waals surface area contributed by atoms with Crippen LogP contribution in [0.1, 0.15) is 6.42 Å². The second-order valence-corrected chi connectivity index (χ2v) is 2.52. The van der Waals surface area contributed by atoms with Crippen molar-refractivity contribution in [3.05, 3.63) is 0 Å². The minimum atomic E-state index is 0. The standard InChI is InChI=1S/C5H14NP.3BrH.2H3P/c1-6(2)4-3-5-7;;;;;/h3-5,7H2,1-2H3;3*1H;2*1H3. The van der Waals surface area contributed by atoms with Gasteiger partial charge in [0.2, 0.25) is 0 Å². The average Bonchev–Trinajstić information content (AvgIpc) is 1.61. The van der Waals surface area contributed by atoms with Gasteiger partial charge in [-0.3, -0.25) is 0 Å². The van der Waals surface area contributed by atoms with E-state index in [0.29, 0.717) is 0 Å². The van der Waals surface area contributed by atoms with Crippen molar-refractivity contribution in [3.63, 3.8) is 0 Å². The van der Waals surface area contributed by atoms with E-state index in [9.17, 15) is 0 Å². The first-order valence-electron chi connectivity index (χ1n) is 2.62. The van der Waals surface area contributed by atoms with Crippen LogP contribution in [0.4, 0.5) is 0 Å². The van der Waals surface area contributed by atoms with Gasteiger partial charge in [0.15, 0.2) is 0 Å². The highest BCUT2D eigenvalue weighted by Crippen LogP contribution is 1.87. The van der Waals surface area contributed by atoms with Crippen molar-refractivity contribution >= 4 is 80.0 Å². The average molecular weight is 430 g/mol. The lowest BCUT2D eigenvalue weighted by Crippen LogP contribution is -2.12. The Kier molecular flexibility index (Phi) is 88.7. The Morgan fingerprint density at radius 1 is 1.00 bits per heavy atom. The first-order chi connectivity index (χ1) is 3.27. The Hall–Kier alpha value is 2.69. The lowest BCUT2D eigenvalue weighted by Gasteiger charge is -2.05. The molecule has 0 saturated carbocycles. The molecular formula is C5H23Br3NP3. The first kappa shape index (κ1) is 36.5. The maximum atomic E-state index is 2.72. The van der Waals surface area contributed by atoms with Gasteiger partial charge in [-0.1, -0.05) is 0 Å². The summed E-state index contributed by atoms with van der Waals surface area (Å²) in [5.41, 5.74) is 0. The zero-order valence-corrected chi connectivity index (χ0v) is 16.9. The lowest BCUT2D eigenvalue weighted by molar-refractivity contribution is 0.410. The summed E-state index contributed by atoms with van der Waals surface area (Å²) in [6, 6.07) is 0. The summed E-state index contributed by atoms with van der Waals surface area (Å²) in [5, 5.41) is 0. The van der Waals surface area contributed by atoms with E-state index >= 15 is 0 Å². The van der Waals surface area contributed by atoms with Crippen LogP contribution in [0.3, 0.4) is 0 Å². The minimum absolute atomic E-state index is 0. The molecule has 0 aromatic heterocycles. The SMILES string of the molecule is Br.Br.Br.CN(C)CCCP.P.P. The molecule has 84 valence electrons. The molecule has 0 aromatic carbocycles. The van der Waals surface area contributed by atoms with Crippen molar-refractivity contribution in [1.82, 2.24) is 4.90 Å². The van der Waals surface area contributed by atoms with Crippen LogP contribution in [0.15, 0.2) is 0 Å². The van der Waals surface area contributed by atoms with Crippen LogP contribution < -0.4 is 0 Å². The van der Waals surface area contributed by atoms with Gasteiger partial charge in [-0.15, -0.1) is 60.2 Å². The van der Waals surface area contributed by atoms with Crippen molar-refractivity contribution < 1.29 is 0 Å². The fraction of sp³-hybridized carbons (Fsp3) is 1.00. The van der Waals surface area contributed by atoms with E-state index in [1.807, 2.05) is 0 Å². The zero-order valence-electron chi connectivity index (χ0n) is 7.78. The Bertz CT molecular complexity index is 50.9. The van der Waals surface area contributed by atoms with Gasteiger partial charge in [-0.05, 0) is 33.2 Å². The van der Waals surface area contributed by atoms with Gasteiger partial charge in [0.05, 0.1) is 0 Å². The third-order valence-electron chi connectivity index (χ3n) is 0.809. The van der Waals surface area contributed by atoms with E-state index in [2.05, 4.69) is 28.2 Å². The summed E-state index contributed by atoms with van der Waals surface area (Å²) in [6.45, 7) is 1.21. The molecule has 0 aliphatic heterocycles. The minimum Gasteiger partial charge on any atom is -0.309 e. The number of nitrogens with zero attached hydrogens (tertiary/aromatic N) is 1. The van der Waals surface area contributed by atoms with E-state index in [1.165, 1.54) is 19.1 Å². The Labute approximate surface area is 117 Å². The van der Waals surface area contributed by atoms with Crippen molar-refractivity contribution in [2.24, 2.45) is 0 Å². The molecule has 0 fully saturated rings. The molecule has 3 atom stereocenters. The highest BCUT2D eigenvalue weighted by atomic mass is 79.9. The number of hydrogen-bond donors (Lipinski definition) is 0. The number of halogens is 3. The molecule has 0 amide bonds. The molecule has 0 spiro atoms. The van der Waals surface area contributed by atoms with Gasteiger partial charge in [0, 0.05) is 0 Å². The second kappa shape index (κ2) is 29.2. The van der Waals surface area contributed by atoms with Crippen LogP contribution in [-0.4, -0.2) is 31.7 Å². The molecule has 0 aliphatic rings. The quantitative estimate of drug-likeness (QED) is 0.623. The first-order valence-corrected chi connectivity index (χ1v) is 3.44. The molecule has 0 aromatic rings. The molecule has 0 aliphatic carbocycles. The van der Waals surface area contributed by atoms with Crippen molar-refractivity contribution in [1.29, 1.82) is 0 Å². The van der Waals surface area contributed by atoms with Crippen LogP contribution in [-0.2, 0) is 0 Å². The second-order valence-electron chi connectivity index (χ2n) is 1.95. The van der Waals surface area contributed by atoms with E-state index in [1.54, 1.807) is 0 Å². The van der Waals surface area contributed by atoms with E-state index in [0.717, 1.165) is 0 Å². The Morgan fingerprint density at radius 3 is 1.42 bits per heavy atom. The predicted molar refractivity (Wildman–Crippen MR) is 90.9 cm³/mol. The summed E-state index contributed by atoms with van der Waals surface area (Å²) in [4.78, 5) is 2.20. The number of hydrogen-bond acceptors (Lipinski definition) is 1. The summed E-state index contributed by atoms with van der Waals surface area (Å²) >= 11 is 0. The van der Waals surface area contributed by atoms with Crippen LogP contribution in [0, 0.1) is 0 Å². The molecule has 1 nitrogen and oxygen atoms in total. The van der Waals surface area contributed by atoms with E-state index in [-0.39, 0.29) is 70.7 Å². The summed E-state index contributed by atoms with van der Waals surface area (Å²) in [6.07, 6.45) is 2.51. The monoisotopic (exact) mass is 427 g/mol. The van der Waals surface area contributed by atoms with Gasteiger partial charge in [0.25, 0.3) is 0 Å². The van der Waals surface area contributed by atoms with Crippen LogP contribution in [0.2, 0.25) is 0 Å². The molecule has 0 N–H and O–H groups in total. The van der Waals surface area contributed by atoms with E-state index in [4.69, 9.17) is 0 Å². The molecule has 0 saturated heterocycles. The van der Waals surface area contributed by atoms with Crippen molar-refractivity contribution in [3.8, 4) is 0 Å². The topological polar surface area (TPSA) is 3.24 Å². The zero-order chi connectivity index (χ0) is 5.70. The largest absolute Gasteiger partial charge is 0.309 e. The maximum Gasteiger partial charge on any atom is -0.00217 e. The maximum absolute atomic E-state index is 2.72. The van der Waals surface area contributed by atoms with Crippen molar-refractivity contribution in [2.75, 3.05) is 26.8 Å². The lowest BCUT2D eigenvalue weighted by atomic mass is 10.5. The molecule has 0 rings (SSSR count).